The van der Waals surface area contributed by atoms with Crippen LogP contribution in [0.4, 0.5) is 13.2 Å². The molecule has 0 aromatic heterocycles. The molecule has 0 heterocycles. The van der Waals surface area contributed by atoms with Gasteiger partial charge in [-0.25, -0.2) is 13.2 Å². The van der Waals surface area contributed by atoms with Crippen LogP contribution >= 0.6 is 0 Å². The van der Waals surface area contributed by atoms with Crippen LogP contribution in [0.25, 0.3) is 0 Å². The van der Waals surface area contributed by atoms with E-state index in [1.54, 1.807) is 19.1 Å². The third-order valence-electron chi connectivity index (χ3n) is 3.61. The molecule has 2 aromatic rings. The van der Waals surface area contributed by atoms with Crippen LogP contribution in [-0.2, 0) is 5.54 Å². The van der Waals surface area contributed by atoms with Crippen LogP contribution in [0, 0.1) is 31.3 Å². The molecule has 0 saturated heterocycles. The average Bonchev–Trinajstić information content (AvgIpc) is 2.38. The Labute approximate surface area is 116 Å². The minimum Gasteiger partial charge on any atom is -0.318 e. The molecule has 20 heavy (non-hydrogen) atoms. The molecule has 106 valence electrons. The van der Waals surface area contributed by atoms with E-state index in [9.17, 15) is 13.2 Å². The summed E-state index contributed by atoms with van der Waals surface area (Å²) in [7, 11) is 0. The third-order valence-corrected chi connectivity index (χ3v) is 3.61. The maximum absolute atomic E-state index is 14.1. The van der Waals surface area contributed by atoms with E-state index in [1.807, 2.05) is 0 Å². The number of nitrogens with two attached hydrogens (primary N) is 1. The summed E-state index contributed by atoms with van der Waals surface area (Å²) in [6.07, 6.45) is 0. The molecule has 2 N–H and O–H groups in total. The van der Waals surface area contributed by atoms with Gasteiger partial charge >= 0.3 is 0 Å². The van der Waals surface area contributed by atoms with E-state index >= 15 is 0 Å². The van der Waals surface area contributed by atoms with Crippen LogP contribution in [0.2, 0.25) is 0 Å². The van der Waals surface area contributed by atoms with Crippen LogP contribution in [0.1, 0.15) is 29.2 Å². The van der Waals surface area contributed by atoms with Crippen molar-refractivity contribution in [1.82, 2.24) is 0 Å². The Hall–Kier alpha value is -1.81. The summed E-state index contributed by atoms with van der Waals surface area (Å²) >= 11 is 0. The molecule has 0 amide bonds. The van der Waals surface area contributed by atoms with Gasteiger partial charge in [0.2, 0.25) is 0 Å². The first-order valence-corrected chi connectivity index (χ1v) is 6.25. The van der Waals surface area contributed by atoms with Crippen molar-refractivity contribution in [1.29, 1.82) is 0 Å². The van der Waals surface area contributed by atoms with E-state index in [4.69, 9.17) is 5.73 Å². The Morgan fingerprint density at radius 2 is 1.50 bits per heavy atom. The Morgan fingerprint density at radius 1 is 0.900 bits per heavy atom. The van der Waals surface area contributed by atoms with Gasteiger partial charge < -0.3 is 5.73 Å². The first-order valence-electron chi connectivity index (χ1n) is 6.25. The van der Waals surface area contributed by atoms with Crippen molar-refractivity contribution >= 4 is 0 Å². The molecule has 0 aliphatic rings. The Morgan fingerprint density at radius 3 is 2.10 bits per heavy atom. The molecular weight excluding hydrogens is 263 g/mol. The highest BCUT2D eigenvalue weighted by atomic mass is 19.2. The zero-order valence-corrected chi connectivity index (χ0v) is 11.6. The second-order valence-corrected chi connectivity index (χ2v) is 5.22. The lowest BCUT2D eigenvalue weighted by Crippen LogP contribution is -2.35. The fraction of sp³-hybridized carbons (Fsp3) is 0.250. The summed E-state index contributed by atoms with van der Waals surface area (Å²) in [6, 6.07) is 7.34. The van der Waals surface area contributed by atoms with Crippen molar-refractivity contribution in [2.45, 2.75) is 26.3 Å². The van der Waals surface area contributed by atoms with Gasteiger partial charge in [-0.1, -0.05) is 24.3 Å². The van der Waals surface area contributed by atoms with Gasteiger partial charge in [-0.05, 0) is 43.5 Å². The molecule has 0 aliphatic heterocycles. The summed E-state index contributed by atoms with van der Waals surface area (Å²) in [5.41, 5.74) is 5.89. The van der Waals surface area contributed by atoms with Crippen LogP contribution in [0.15, 0.2) is 30.3 Å². The van der Waals surface area contributed by atoms with Crippen molar-refractivity contribution in [3.05, 3.63) is 70.0 Å². The second-order valence-electron chi connectivity index (χ2n) is 5.22. The van der Waals surface area contributed by atoms with Gasteiger partial charge in [0.25, 0.3) is 0 Å². The van der Waals surface area contributed by atoms with Gasteiger partial charge in [0, 0.05) is 5.56 Å². The van der Waals surface area contributed by atoms with E-state index in [0.717, 1.165) is 0 Å². The molecule has 0 radical (unpaired) electrons. The van der Waals surface area contributed by atoms with Gasteiger partial charge in [-0.15, -0.1) is 0 Å². The average molecular weight is 279 g/mol. The molecule has 0 aliphatic carbocycles. The zero-order valence-electron chi connectivity index (χ0n) is 11.6. The fourth-order valence-corrected chi connectivity index (χ4v) is 2.12. The van der Waals surface area contributed by atoms with Crippen LogP contribution in [-0.4, -0.2) is 0 Å². The Balaban J connectivity index is 2.60. The Bertz CT molecular complexity index is 663. The number of rotatable bonds is 2. The smallest absolute Gasteiger partial charge is 0.164 e. The molecule has 1 atom stereocenters. The van der Waals surface area contributed by atoms with E-state index in [-0.39, 0.29) is 11.1 Å². The summed E-state index contributed by atoms with van der Waals surface area (Å²) < 4.78 is 41.4. The monoisotopic (exact) mass is 279 g/mol. The molecule has 0 saturated carbocycles. The molecule has 2 rings (SSSR count). The lowest BCUT2D eigenvalue weighted by molar-refractivity contribution is 0.463. The fourth-order valence-electron chi connectivity index (χ4n) is 2.12. The van der Waals surface area contributed by atoms with Gasteiger partial charge in [0.05, 0.1) is 5.54 Å². The predicted octanol–water partition coefficient (Wildman–Crippen LogP) is 3.94. The van der Waals surface area contributed by atoms with Gasteiger partial charge in [0.1, 0.15) is 5.82 Å². The number of aryl methyl sites for hydroxylation is 2. The second kappa shape index (κ2) is 4.94. The lowest BCUT2D eigenvalue weighted by atomic mass is 9.84. The van der Waals surface area contributed by atoms with Gasteiger partial charge in [-0.2, -0.15) is 0 Å². The Kier molecular flexibility index (Phi) is 3.61. The topological polar surface area (TPSA) is 26.0 Å². The predicted molar refractivity (Wildman–Crippen MR) is 72.9 cm³/mol. The highest BCUT2D eigenvalue weighted by Crippen LogP contribution is 2.31. The van der Waals surface area contributed by atoms with E-state index in [2.05, 4.69) is 0 Å². The summed E-state index contributed by atoms with van der Waals surface area (Å²) in [4.78, 5) is 0. The third kappa shape index (κ3) is 2.31. The molecule has 2 aromatic carbocycles. The molecule has 0 spiro atoms. The summed E-state index contributed by atoms with van der Waals surface area (Å²) in [5.74, 6) is -2.34. The lowest BCUT2D eigenvalue weighted by Gasteiger charge is -2.27. The standard InChI is InChI=1S/C16H16F3N/c1-9-4-6-11(8-13(9)17)16(3,20)12-7-5-10(2)14(18)15(12)19/h4-8H,20H2,1-3H3. The highest BCUT2D eigenvalue weighted by molar-refractivity contribution is 5.40. The first kappa shape index (κ1) is 14.6. The minimum absolute atomic E-state index is 0.00357. The SMILES string of the molecule is Cc1ccc(C(C)(N)c2ccc(C)c(F)c2F)cc1F. The summed E-state index contributed by atoms with van der Waals surface area (Å²) in [6.45, 7) is 4.63. The minimum atomic E-state index is -1.31. The van der Waals surface area contributed by atoms with Crippen LogP contribution in [0.3, 0.4) is 0 Å². The van der Waals surface area contributed by atoms with Gasteiger partial charge in [-0.3, -0.25) is 0 Å². The summed E-state index contributed by atoms with van der Waals surface area (Å²) in [5, 5.41) is 0. The van der Waals surface area contributed by atoms with Crippen LogP contribution < -0.4 is 5.73 Å². The maximum Gasteiger partial charge on any atom is 0.164 e. The first-order chi connectivity index (χ1) is 9.25. The number of halogens is 3. The molecular formula is C16H16F3N. The van der Waals surface area contributed by atoms with Crippen molar-refractivity contribution in [2.24, 2.45) is 5.73 Å². The van der Waals surface area contributed by atoms with E-state index in [0.29, 0.717) is 11.1 Å². The van der Waals surface area contributed by atoms with Crippen molar-refractivity contribution in [3.63, 3.8) is 0 Å². The van der Waals surface area contributed by atoms with Gasteiger partial charge in [0.15, 0.2) is 11.6 Å². The molecule has 1 unspecified atom stereocenters. The molecule has 0 fully saturated rings. The number of hydrogen-bond donors (Lipinski definition) is 1. The highest BCUT2D eigenvalue weighted by Gasteiger charge is 2.29. The largest absolute Gasteiger partial charge is 0.318 e. The molecule has 4 heteroatoms. The van der Waals surface area contributed by atoms with E-state index < -0.39 is 23.0 Å². The maximum atomic E-state index is 14.1. The van der Waals surface area contributed by atoms with E-state index in [1.165, 1.54) is 32.0 Å². The number of hydrogen-bond acceptors (Lipinski definition) is 1. The zero-order chi connectivity index (χ0) is 15.1. The normalized spacial score (nSPS) is 14.2. The van der Waals surface area contributed by atoms with Crippen molar-refractivity contribution in [3.8, 4) is 0 Å². The number of benzene rings is 2. The quantitative estimate of drug-likeness (QED) is 0.885. The van der Waals surface area contributed by atoms with Crippen LogP contribution in [0.5, 0.6) is 0 Å². The molecule has 1 nitrogen and oxygen atoms in total. The van der Waals surface area contributed by atoms with Crippen molar-refractivity contribution in [2.75, 3.05) is 0 Å². The van der Waals surface area contributed by atoms with Crippen molar-refractivity contribution < 1.29 is 13.2 Å². The molecule has 0 bridgehead atoms.